The number of rotatable bonds is 7. The standard InChI is InChI=1S/C19H35N5O/c1-6-20-19(22-11-17-10-18(14(2)3)23-25-17)21-7-8-24-12-15(4)9-16(5)13-24/h10,14-16H,6-9,11-13H2,1-5H3,(H2,20,21,22). The molecule has 0 aliphatic carbocycles. The summed E-state index contributed by atoms with van der Waals surface area (Å²) in [6, 6.07) is 1.99. The number of likely N-dealkylation sites (tertiary alicyclic amines) is 1. The molecule has 0 saturated carbocycles. The van der Waals surface area contributed by atoms with Crippen LogP contribution in [0.15, 0.2) is 15.6 Å². The highest BCUT2D eigenvalue weighted by Crippen LogP contribution is 2.20. The van der Waals surface area contributed by atoms with Crippen LogP contribution in [0.4, 0.5) is 0 Å². The van der Waals surface area contributed by atoms with Gasteiger partial charge in [-0.2, -0.15) is 0 Å². The topological polar surface area (TPSA) is 65.7 Å². The van der Waals surface area contributed by atoms with Crippen LogP contribution in [0.3, 0.4) is 0 Å². The zero-order chi connectivity index (χ0) is 18.2. The molecule has 2 unspecified atom stereocenters. The molecule has 2 N–H and O–H groups in total. The summed E-state index contributed by atoms with van der Waals surface area (Å²) in [6.45, 7) is 16.7. The van der Waals surface area contributed by atoms with Crippen molar-refractivity contribution in [2.24, 2.45) is 16.8 Å². The summed E-state index contributed by atoms with van der Waals surface area (Å²) >= 11 is 0. The van der Waals surface area contributed by atoms with Gasteiger partial charge in [-0.05, 0) is 31.1 Å². The maximum absolute atomic E-state index is 5.36. The van der Waals surface area contributed by atoms with Gasteiger partial charge in [-0.25, -0.2) is 4.99 Å². The van der Waals surface area contributed by atoms with Gasteiger partial charge >= 0.3 is 0 Å². The van der Waals surface area contributed by atoms with Crippen molar-refractivity contribution in [3.8, 4) is 0 Å². The lowest BCUT2D eigenvalue weighted by Crippen LogP contribution is -2.45. The molecule has 1 aromatic heterocycles. The number of guanidine groups is 1. The summed E-state index contributed by atoms with van der Waals surface area (Å²) < 4.78 is 5.36. The average molecular weight is 350 g/mol. The first-order valence-corrected chi connectivity index (χ1v) is 9.68. The predicted octanol–water partition coefficient (Wildman–Crippen LogP) is 2.83. The number of aromatic nitrogens is 1. The molecule has 0 radical (unpaired) electrons. The van der Waals surface area contributed by atoms with E-state index in [-0.39, 0.29) is 0 Å². The molecule has 0 amide bonds. The molecule has 6 heteroatoms. The Balaban J connectivity index is 1.80. The normalized spacial score (nSPS) is 22.4. The van der Waals surface area contributed by atoms with E-state index in [4.69, 9.17) is 4.52 Å². The van der Waals surface area contributed by atoms with Crippen LogP contribution in [-0.4, -0.2) is 48.7 Å². The van der Waals surface area contributed by atoms with Crippen molar-refractivity contribution >= 4 is 5.96 Å². The number of hydrogen-bond donors (Lipinski definition) is 2. The molecule has 2 atom stereocenters. The number of hydrogen-bond acceptors (Lipinski definition) is 4. The highest BCUT2D eigenvalue weighted by Gasteiger charge is 2.21. The maximum atomic E-state index is 5.36. The van der Waals surface area contributed by atoms with Gasteiger partial charge in [-0.1, -0.05) is 32.9 Å². The van der Waals surface area contributed by atoms with E-state index in [9.17, 15) is 0 Å². The van der Waals surface area contributed by atoms with Crippen LogP contribution in [0.25, 0.3) is 0 Å². The van der Waals surface area contributed by atoms with Gasteiger partial charge < -0.3 is 20.1 Å². The second-order valence-electron chi connectivity index (χ2n) is 7.70. The summed E-state index contributed by atoms with van der Waals surface area (Å²) in [7, 11) is 0. The SMILES string of the molecule is CCNC(=NCc1cc(C(C)C)no1)NCCN1CC(C)CC(C)C1. The summed E-state index contributed by atoms with van der Waals surface area (Å²) in [6.07, 6.45) is 1.35. The lowest BCUT2D eigenvalue weighted by molar-refractivity contribution is 0.143. The molecule has 2 heterocycles. The van der Waals surface area contributed by atoms with Crippen molar-refractivity contribution in [2.75, 3.05) is 32.7 Å². The highest BCUT2D eigenvalue weighted by molar-refractivity contribution is 5.79. The summed E-state index contributed by atoms with van der Waals surface area (Å²) in [5, 5.41) is 10.8. The van der Waals surface area contributed by atoms with Crippen LogP contribution in [-0.2, 0) is 6.54 Å². The van der Waals surface area contributed by atoms with Crippen molar-refractivity contribution in [1.29, 1.82) is 0 Å². The quantitative estimate of drug-likeness (QED) is 0.585. The van der Waals surface area contributed by atoms with Crippen LogP contribution in [0.2, 0.25) is 0 Å². The Labute approximate surface area is 152 Å². The van der Waals surface area contributed by atoms with E-state index < -0.39 is 0 Å². The third-order valence-electron chi connectivity index (χ3n) is 4.57. The molecule has 0 bridgehead atoms. The molecule has 1 aromatic rings. The second kappa shape index (κ2) is 9.80. The number of aliphatic imine (C=N–C) groups is 1. The monoisotopic (exact) mass is 349 g/mol. The maximum Gasteiger partial charge on any atom is 0.191 e. The number of nitrogens with one attached hydrogen (secondary N) is 2. The Morgan fingerprint density at radius 2 is 2.04 bits per heavy atom. The largest absolute Gasteiger partial charge is 0.359 e. The molecular weight excluding hydrogens is 314 g/mol. The molecular formula is C19H35N5O. The highest BCUT2D eigenvalue weighted by atomic mass is 16.5. The number of piperidine rings is 1. The lowest BCUT2D eigenvalue weighted by Gasteiger charge is -2.35. The third kappa shape index (κ3) is 6.69. The zero-order valence-corrected chi connectivity index (χ0v) is 16.5. The first kappa shape index (κ1) is 19.8. The van der Waals surface area contributed by atoms with E-state index in [0.29, 0.717) is 12.5 Å². The first-order valence-electron chi connectivity index (χ1n) is 9.68. The van der Waals surface area contributed by atoms with Gasteiger partial charge in [0.05, 0.1) is 5.69 Å². The van der Waals surface area contributed by atoms with Crippen LogP contribution in [0.1, 0.15) is 58.4 Å². The van der Waals surface area contributed by atoms with Gasteiger partial charge in [0.1, 0.15) is 6.54 Å². The molecule has 0 aromatic carbocycles. The van der Waals surface area contributed by atoms with E-state index in [0.717, 1.165) is 48.9 Å². The zero-order valence-electron chi connectivity index (χ0n) is 16.5. The van der Waals surface area contributed by atoms with Crippen molar-refractivity contribution < 1.29 is 4.52 Å². The van der Waals surface area contributed by atoms with Gasteiger partial charge in [-0.15, -0.1) is 0 Å². The van der Waals surface area contributed by atoms with E-state index in [1.165, 1.54) is 19.5 Å². The fourth-order valence-electron chi connectivity index (χ4n) is 3.48. The van der Waals surface area contributed by atoms with E-state index >= 15 is 0 Å². The minimum Gasteiger partial charge on any atom is -0.359 e. The van der Waals surface area contributed by atoms with E-state index in [2.05, 4.69) is 60.3 Å². The van der Waals surface area contributed by atoms with Gasteiger partial charge in [0.25, 0.3) is 0 Å². The Hall–Kier alpha value is -1.56. The average Bonchev–Trinajstić information content (AvgIpc) is 3.01. The minimum atomic E-state index is 0.377. The van der Waals surface area contributed by atoms with Crippen LogP contribution < -0.4 is 10.6 Å². The molecule has 2 rings (SSSR count). The van der Waals surface area contributed by atoms with Crippen molar-refractivity contribution in [2.45, 2.75) is 53.5 Å². The molecule has 0 spiro atoms. The summed E-state index contributed by atoms with van der Waals surface area (Å²) in [4.78, 5) is 7.17. The molecule has 1 aliphatic heterocycles. The first-order chi connectivity index (χ1) is 12.0. The van der Waals surface area contributed by atoms with Gasteiger partial charge in [0, 0.05) is 38.8 Å². The Kier molecular flexibility index (Phi) is 7.75. The molecule has 1 fully saturated rings. The van der Waals surface area contributed by atoms with E-state index in [1.807, 2.05) is 6.07 Å². The minimum absolute atomic E-state index is 0.377. The van der Waals surface area contributed by atoms with Crippen molar-refractivity contribution in [3.05, 3.63) is 17.5 Å². The van der Waals surface area contributed by atoms with Crippen LogP contribution >= 0.6 is 0 Å². The van der Waals surface area contributed by atoms with Crippen molar-refractivity contribution in [3.63, 3.8) is 0 Å². The molecule has 142 valence electrons. The Morgan fingerprint density at radius 1 is 1.32 bits per heavy atom. The Bertz CT molecular complexity index is 530. The third-order valence-corrected chi connectivity index (χ3v) is 4.57. The lowest BCUT2D eigenvalue weighted by atomic mass is 9.92. The summed E-state index contributed by atoms with van der Waals surface area (Å²) in [5.41, 5.74) is 0.983. The van der Waals surface area contributed by atoms with Gasteiger partial charge in [0.2, 0.25) is 0 Å². The van der Waals surface area contributed by atoms with Gasteiger partial charge in [-0.3, -0.25) is 0 Å². The molecule has 25 heavy (non-hydrogen) atoms. The summed E-state index contributed by atoms with van der Waals surface area (Å²) in [5.74, 6) is 3.62. The Morgan fingerprint density at radius 3 is 2.64 bits per heavy atom. The fraction of sp³-hybridized carbons (Fsp3) is 0.789. The predicted molar refractivity (Wildman–Crippen MR) is 103 cm³/mol. The van der Waals surface area contributed by atoms with Gasteiger partial charge in [0.15, 0.2) is 11.7 Å². The smallest absolute Gasteiger partial charge is 0.191 e. The van der Waals surface area contributed by atoms with E-state index in [1.54, 1.807) is 0 Å². The van der Waals surface area contributed by atoms with Crippen LogP contribution in [0, 0.1) is 11.8 Å². The molecule has 1 aliphatic rings. The molecule has 6 nitrogen and oxygen atoms in total. The second-order valence-corrected chi connectivity index (χ2v) is 7.70. The van der Waals surface area contributed by atoms with Crippen LogP contribution in [0.5, 0.6) is 0 Å². The molecule has 1 saturated heterocycles. The fourth-order valence-corrected chi connectivity index (χ4v) is 3.48. The van der Waals surface area contributed by atoms with Crippen molar-refractivity contribution in [1.82, 2.24) is 20.7 Å². The number of nitrogens with zero attached hydrogens (tertiary/aromatic N) is 3.